The number of carbonyl (C=O) groups excluding carboxylic acids is 1. The molecule has 0 saturated heterocycles. The maximum absolute atomic E-state index is 10.9. The van der Waals surface area contributed by atoms with E-state index in [1.54, 1.807) is 10.9 Å². The molecule has 0 unspecified atom stereocenters. The highest BCUT2D eigenvalue weighted by Gasteiger charge is 2.04. The summed E-state index contributed by atoms with van der Waals surface area (Å²) in [7, 11) is 1.88. The molecule has 0 aliphatic carbocycles. The van der Waals surface area contributed by atoms with Gasteiger partial charge in [-0.1, -0.05) is 15.9 Å². The van der Waals surface area contributed by atoms with Gasteiger partial charge in [0.05, 0.1) is 11.5 Å². The van der Waals surface area contributed by atoms with Gasteiger partial charge in [-0.15, -0.1) is 0 Å². The SMILES string of the molecule is Cc1c(CNC(=O)CBr)cnn1C. The number of aromatic nitrogens is 2. The molecule has 1 N–H and O–H groups in total. The van der Waals surface area contributed by atoms with Crippen molar-refractivity contribution in [2.75, 3.05) is 5.33 Å². The van der Waals surface area contributed by atoms with Gasteiger partial charge in [-0.2, -0.15) is 5.10 Å². The molecule has 0 aliphatic heterocycles. The van der Waals surface area contributed by atoms with Gasteiger partial charge in [-0.05, 0) is 6.92 Å². The molecule has 13 heavy (non-hydrogen) atoms. The monoisotopic (exact) mass is 245 g/mol. The van der Waals surface area contributed by atoms with Crippen LogP contribution in [0.15, 0.2) is 6.20 Å². The van der Waals surface area contributed by atoms with Gasteiger partial charge < -0.3 is 5.32 Å². The van der Waals surface area contributed by atoms with Gasteiger partial charge >= 0.3 is 0 Å². The predicted molar refractivity (Wildman–Crippen MR) is 53.6 cm³/mol. The molecule has 0 aromatic carbocycles. The van der Waals surface area contributed by atoms with Gasteiger partial charge in [-0.25, -0.2) is 0 Å². The minimum Gasteiger partial charge on any atom is -0.351 e. The molecule has 0 spiro atoms. The van der Waals surface area contributed by atoms with Crippen LogP contribution in [0.2, 0.25) is 0 Å². The van der Waals surface area contributed by atoms with E-state index in [1.807, 2.05) is 14.0 Å². The van der Waals surface area contributed by atoms with Crippen molar-refractivity contribution in [3.8, 4) is 0 Å². The van der Waals surface area contributed by atoms with Gasteiger partial charge in [0, 0.05) is 24.8 Å². The molecular formula is C8H12BrN3O. The minimum atomic E-state index is -0.0109. The van der Waals surface area contributed by atoms with E-state index in [4.69, 9.17) is 0 Å². The number of rotatable bonds is 3. The third-order valence-electron chi connectivity index (χ3n) is 1.93. The van der Waals surface area contributed by atoms with Gasteiger partial charge in [0.25, 0.3) is 0 Å². The van der Waals surface area contributed by atoms with Crippen LogP contribution in [0.25, 0.3) is 0 Å². The van der Waals surface area contributed by atoms with E-state index in [0.717, 1.165) is 11.3 Å². The number of halogens is 1. The lowest BCUT2D eigenvalue weighted by atomic mass is 10.2. The number of carbonyl (C=O) groups is 1. The lowest BCUT2D eigenvalue weighted by Crippen LogP contribution is -2.23. The van der Waals surface area contributed by atoms with Crippen molar-refractivity contribution in [1.82, 2.24) is 15.1 Å². The minimum absolute atomic E-state index is 0.0109. The van der Waals surface area contributed by atoms with Gasteiger partial charge in [-0.3, -0.25) is 9.48 Å². The summed E-state index contributed by atoms with van der Waals surface area (Å²) in [5, 5.41) is 7.18. The highest BCUT2D eigenvalue weighted by molar-refractivity contribution is 9.09. The largest absolute Gasteiger partial charge is 0.351 e. The summed E-state index contributed by atoms with van der Waals surface area (Å²) in [5.41, 5.74) is 2.13. The summed E-state index contributed by atoms with van der Waals surface area (Å²) in [6, 6.07) is 0. The molecule has 0 radical (unpaired) electrons. The summed E-state index contributed by atoms with van der Waals surface area (Å²) < 4.78 is 1.79. The van der Waals surface area contributed by atoms with Crippen molar-refractivity contribution in [2.45, 2.75) is 13.5 Å². The van der Waals surface area contributed by atoms with Crippen molar-refractivity contribution in [3.63, 3.8) is 0 Å². The molecule has 72 valence electrons. The van der Waals surface area contributed by atoms with Crippen molar-refractivity contribution in [1.29, 1.82) is 0 Å². The highest BCUT2D eigenvalue weighted by atomic mass is 79.9. The lowest BCUT2D eigenvalue weighted by molar-refractivity contribution is -0.118. The topological polar surface area (TPSA) is 46.9 Å². The maximum atomic E-state index is 10.9. The van der Waals surface area contributed by atoms with Crippen LogP contribution in [0.1, 0.15) is 11.3 Å². The second-order valence-corrected chi connectivity index (χ2v) is 3.35. The fourth-order valence-electron chi connectivity index (χ4n) is 0.959. The van der Waals surface area contributed by atoms with Gasteiger partial charge in [0.1, 0.15) is 0 Å². The number of hydrogen-bond donors (Lipinski definition) is 1. The maximum Gasteiger partial charge on any atom is 0.230 e. The second kappa shape index (κ2) is 4.41. The van der Waals surface area contributed by atoms with Crippen LogP contribution < -0.4 is 5.32 Å². The Balaban J connectivity index is 2.55. The average Bonchev–Trinajstić information content (AvgIpc) is 2.44. The number of aryl methyl sites for hydroxylation is 1. The number of nitrogens with zero attached hydrogens (tertiary/aromatic N) is 2. The van der Waals surface area contributed by atoms with Crippen LogP contribution >= 0.6 is 15.9 Å². The molecule has 0 atom stereocenters. The van der Waals surface area contributed by atoms with E-state index in [9.17, 15) is 4.79 Å². The first-order valence-electron chi connectivity index (χ1n) is 3.95. The molecular weight excluding hydrogens is 234 g/mol. The molecule has 0 aliphatic rings. The first-order chi connectivity index (χ1) is 6.15. The van der Waals surface area contributed by atoms with E-state index >= 15 is 0 Å². The summed E-state index contributed by atoms with van der Waals surface area (Å²) in [4.78, 5) is 10.9. The first-order valence-corrected chi connectivity index (χ1v) is 5.07. The van der Waals surface area contributed by atoms with E-state index in [1.165, 1.54) is 0 Å². The van der Waals surface area contributed by atoms with Gasteiger partial charge in [0.15, 0.2) is 0 Å². The second-order valence-electron chi connectivity index (χ2n) is 2.79. The highest BCUT2D eigenvalue weighted by Crippen LogP contribution is 2.04. The van der Waals surface area contributed by atoms with Crippen LogP contribution in [0.4, 0.5) is 0 Å². The third kappa shape index (κ3) is 2.55. The van der Waals surface area contributed by atoms with Crippen LogP contribution in [0, 0.1) is 6.92 Å². The van der Waals surface area contributed by atoms with Crippen LogP contribution in [-0.4, -0.2) is 21.0 Å². The molecule has 1 amide bonds. The Morgan fingerprint density at radius 1 is 1.77 bits per heavy atom. The molecule has 0 bridgehead atoms. The Hall–Kier alpha value is -0.840. The van der Waals surface area contributed by atoms with Crippen LogP contribution in [-0.2, 0) is 18.4 Å². The molecule has 5 heteroatoms. The van der Waals surface area contributed by atoms with Crippen molar-refractivity contribution in [2.24, 2.45) is 7.05 Å². The number of amides is 1. The Bertz CT molecular complexity index is 308. The Kier molecular flexibility index (Phi) is 3.48. The Morgan fingerprint density at radius 2 is 2.46 bits per heavy atom. The normalized spacial score (nSPS) is 10.1. The van der Waals surface area contributed by atoms with Crippen LogP contribution in [0.3, 0.4) is 0 Å². The first kappa shape index (κ1) is 10.2. The molecule has 4 nitrogen and oxygen atoms in total. The summed E-state index contributed by atoms with van der Waals surface area (Å²) in [6.45, 7) is 2.52. The van der Waals surface area contributed by atoms with Crippen LogP contribution in [0.5, 0.6) is 0 Å². The zero-order valence-electron chi connectivity index (χ0n) is 7.67. The average molecular weight is 246 g/mol. The van der Waals surface area contributed by atoms with E-state index in [-0.39, 0.29) is 5.91 Å². The molecule has 1 aromatic heterocycles. The number of nitrogens with one attached hydrogen (secondary N) is 1. The fourth-order valence-corrected chi connectivity index (χ4v) is 1.16. The van der Waals surface area contributed by atoms with E-state index in [0.29, 0.717) is 11.9 Å². The zero-order valence-corrected chi connectivity index (χ0v) is 9.26. The van der Waals surface area contributed by atoms with Crippen molar-refractivity contribution < 1.29 is 4.79 Å². The van der Waals surface area contributed by atoms with Crippen molar-refractivity contribution >= 4 is 21.8 Å². The smallest absolute Gasteiger partial charge is 0.230 e. The summed E-state index contributed by atoms with van der Waals surface area (Å²) in [5.74, 6) is -0.0109. The Morgan fingerprint density at radius 3 is 2.92 bits per heavy atom. The number of alkyl halides is 1. The third-order valence-corrected chi connectivity index (χ3v) is 2.44. The van der Waals surface area contributed by atoms with E-state index < -0.39 is 0 Å². The number of hydrogen-bond acceptors (Lipinski definition) is 2. The zero-order chi connectivity index (χ0) is 9.84. The summed E-state index contributed by atoms with van der Waals surface area (Å²) in [6.07, 6.45) is 1.77. The predicted octanol–water partition coefficient (Wildman–Crippen LogP) is 0.740. The summed E-state index contributed by atoms with van der Waals surface area (Å²) >= 11 is 3.08. The molecule has 1 rings (SSSR count). The van der Waals surface area contributed by atoms with Crippen molar-refractivity contribution in [3.05, 3.63) is 17.5 Å². The fraction of sp³-hybridized carbons (Fsp3) is 0.500. The Labute approximate surface area is 85.4 Å². The standard InChI is InChI=1S/C8H12BrN3O/c1-6-7(5-11-12(6)2)4-10-8(13)3-9/h5H,3-4H2,1-2H3,(H,10,13). The molecule has 0 fully saturated rings. The quantitative estimate of drug-likeness (QED) is 0.799. The molecule has 1 heterocycles. The molecule has 1 aromatic rings. The van der Waals surface area contributed by atoms with E-state index in [2.05, 4.69) is 26.3 Å². The van der Waals surface area contributed by atoms with Gasteiger partial charge in [0.2, 0.25) is 5.91 Å². The molecule has 0 saturated carbocycles. The lowest BCUT2D eigenvalue weighted by Gasteiger charge is -2.01.